The van der Waals surface area contributed by atoms with Crippen molar-refractivity contribution in [3.8, 4) is 5.75 Å². The Hall–Kier alpha value is -2.35. The summed E-state index contributed by atoms with van der Waals surface area (Å²) in [5.74, 6) is 1.96. The van der Waals surface area contributed by atoms with Gasteiger partial charge < -0.3 is 4.74 Å². The van der Waals surface area contributed by atoms with Crippen LogP contribution in [0.25, 0.3) is 5.57 Å². The molecule has 0 saturated heterocycles. The smallest absolute Gasteiger partial charge is 0.343 e. The van der Waals surface area contributed by atoms with Gasteiger partial charge in [0.15, 0.2) is 0 Å². The molecule has 1 aliphatic carbocycles. The largest absolute Gasteiger partial charge is 0.423 e. The van der Waals surface area contributed by atoms with Crippen LogP contribution < -0.4 is 4.74 Å². The predicted molar refractivity (Wildman–Crippen MR) is 135 cm³/mol. The second-order valence-corrected chi connectivity index (χ2v) is 9.54. The Morgan fingerprint density at radius 3 is 2.38 bits per heavy atom. The second kappa shape index (κ2) is 12.6. The zero-order valence-electron chi connectivity index (χ0n) is 20.2. The summed E-state index contributed by atoms with van der Waals surface area (Å²) in [4.78, 5) is 12.6. The number of carbonyl (C=O) groups excluding carboxylic acids is 1. The molecule has 2 aromatic rings. The molecule has 2 unspecified atom stereocenters. The fourth-order valence-corrected chi connectivity index (χ4v) is 4.57. The lowest BCUT2D eigenvalue weighted by atomic mass is 9.81. The zero-order valence-corrected chi connectivity index (χ0v) is 20.2. The van der Waals surface area contributed by atoms with Gasteiger partial charge in [0.25, 0.3) is 0 Å². The summed E-state index contributed by atoms with van der Waals surface area (Å²) in [7, 11) is 0. The van der Waals surface area contributed by atoms with Gasteiger partial charge in [-0.1, -0.05) is 76.8 Å². The molecule has 1 aliphatic rings. The molecule has 172 valence electrons. The molecule has 0 bridgehead atoms. The van der Waals surface area contributed by atoms with Crippen LogP contribution in [0.1, 0.15) is 100 Å². The highest BCUT2D eigenvalue weighted by Crippen LogP contribution is 2.34. The van der Waals surface area contributed by atoms with Crippen molar-refractivity contribution in [2.24, 2.45) is 11.8 Å². The maximum atomic E-state index is 12.6. The number of hydrogen-bond donors (Lipinski definition) is 0. The number of benzene rings is 2. The van der Waals surface area contributed by atoms with E-state index < -0.39 is 0 Å². The molecule has 0 amide bonds. The highest BCUT2D eigenvalue weighted by molar-refractivity contribution is 5.91. The predicted octanol–water partition coefficient (Wildman–Crippen LogP) is 8.65. The quantitative estimate of drug-likeness (QED) is 0.202. The Labute approximate surface area is 195 Å². The van der Waals surface area contributed by atoms with E-state index >= 15 is 0 Å². The summed E-state index contributed by atoms with van der Waals surface area (Å²) in [6.45, 7) is 6.87. The van der Waals surface area contributed by atoms with E-state index in [1.807, 2.05) is 24.3 Å². The number of aryl methyl sites for hydroxylation is 1. The number of carbonyl (C=O) groups is 1. The van der Waals surface area contributed by atoms with Gasteiger partial charge in [-0.15, -0.1) is 0 Å². The van der Waals surface area contributed by atoms with Gasteiger partial charge in [-0.2, -0.15) is 0 Å². The van der Waals surface area contributed by atoms with Gasteiger partial charge >= 0.3 is 5.97 Å². The SMILES string of the molecule is CCCCCCc1ccc(OC(=O)c2ccc(C3=CCC(CC(C)CC)CC3)cc2)cc1. The van der Waals surface area contributed by atoms with Crippen LogP contribution in [0.2, 0.25) is 0 Å². The Morgan fingerprint density at radius 1 is 1.00 bits per heavy atom. The summed E-state index contributed by atoms with van der Waals surface area (Å²) >= 11 is 0. The van der Waals surface area contributed by atoms with Gasteiger partial charge in [0, 0.05) is 0 Å². The molecule has 0 N–H and O–H groups in total. The van der Waals surface area contributed by atoms with Crippen LogP contribution in [0.5, 0.6) is 5.75 Å². The van der Waals surface area contributed by atoms with Crippen LogP contribution >= 0.6 is 0 Å². The molecule has 0 radical (unpaired) electrons. The highest BCUT2D eigenvalue weighted by atomic mass is 16.5. The van der Waals surface area contributed by atoms with Gasteiger partial charge in [0.1, 0.15) is 5.75 Å². The zero-order chi connectivity index (χ0) is 22.8. The van der Waals surface area contributed by atoms with Gasteiger partial charge in [-0.05, 0) is 91.3 Å². The van der Waals surface area contributed by atoms with Crippen molar-refractivity contribution in [2.75, 3.05) is 0 Å². The summed E-state index contributed by atoms with van der Waals surface area (Å²) in [6.07, 6.45) is 14.7. The first-order valence-corrected chi connectivity index (χ1v) is 12.7. The molecule has 0 aromatic heterocycles. The Balaban J connectivity index is 1.51. The first kappa shape index (κ1) is 24.3. The molecule has 3 rings (SSSR count). The van der Waals surface area contributed by atoms with E-state index in [4.69, 9.17) is 4.74 Å². The minimum atomic E-state index is -0.293. The number of ether oxygens (including phenoxy) is 1. The molecular formula is C30H40O2. The number of hydrogen-bond acceptors (Lipinski definition) is 2. The van der Waals surface area contributed by atoms with Crippen molar-refractivity contribution in [2.45, 2.75) is 85.0 Å². The molecular weight excluding hydrogens is 392 g/mol. The Morgan fingerprint density at radius 2 is 1.75 bits per heavy atom. The number of rotatable bonds is 11. The normalized spacial score (nSPS) is 17.0. The molecule has 2 heteroatoms. The standard InChI is InChI=1S/C30H40O2/c1-4-6-7-8-9-24-12-20-29(21-13-24)32-30(31)28-18-16-27(17-19-28)26-14-10-25(11-15-26)22-23(3)5-2/h12-14,16-21,23,25H,4-11,15,22H2,1-3H3. The van der Waals surface area contributed by atoms with Gasteiger partial charge in [0.2, 0.25) is 0 Å². The van der Waals surface area contributed by atoms with E-state index in [1.54, 1.807) is 0 Å². The summed E-state index contributed by atoms with van der Waals surface area (Å²) in [5, 5.41) is 0. The van der Waals surface area contributed by atoms with E-state index in [9.17, 15) is 4.79 Å². The van der Waals surface area contributed by atoms with Crippen LogP contribution in [0.4, 0.5) is 0 Å². The molecule has 2 aromatic carbocycles. The summed E-state index contributed by atoms with van der Waals surface area (Å²) < 4.78 is 5.59. The van der Waals surface area contributed by atoms with Crippen molar-refractivity contribution >= 4 is 11.5 Å². The highest BCUT2D eigenvalue weighted by Gasteiger charge is 2.18. The van der Waals surface area contributed by atoms with Crippen molar-refractivity contribution < 1.29 is 9.53 Å². The third kappa shape index (κ3) is 7.36. The summed E-state index contributed by atoms with van der Waals surface area (Å²) in [6, 6.07) is 15.9. The summed E-state index contributed by atoms with van der Waals surface area (Å²) in [5.41, 5.74) is 4.55. The molecule has 0 saturated carbocycles. The van der Waals surface area contributed by atoms with E-state index in [-0.39, 0.29) is 5.97 Å². The van der Waals surface area contributed by atoms with Crippen LogP contribution in [0.3, 0.4) is 0 Å². The molecule has 0 spiro atoms. The maximum Gasteiger partial charge on any atom is 0.343 e. The topological polar surface area (TPSA) is 26.3 Å². The fraction of sp³-hybridized carbons (Fsp3) is 0.500. The third-order valence-electron chi connectivity index (χ3n) is 6.90. The minimum absolute atomic E-state index is 0.293. The van der Waals surface area contributed by atoms with E-state index in [0.717, 1.165) is 24.7 Å². The third-order valence-corrected chi connectivity index (χ3v) is 6.90. The van der Waals surface area contributed by atoms with E-state index in [0.29, 0.717) is 11.3 Å². The monoisotopic (exact) mass is 432 g/mol. The van der Waals surface area contributed by atoms with Gasteiger partial charge in [-0.25, -0.2) is 4.79 Å². The molecule has 32 heavy (non-hydrogen) atoms. The Bertz CT molecular complexity index is 861. The van der Waals surface area contributed by atoms with Gasteiger partial charge in [-0.3, -0.25) is 0 Å². The molecule has 0 fully saturated rings. The van der Waals surface area contributed by atoms with Gasteiger partial charge in [0.05, 0.1) is 5.56 Å². The van der Waals surface area contributed by atoms with Crippen molar-refractivity contribution in [1.82, 2.24) is 0 Å². The maximum absolute atomic E-state index is 12.6. The second-order valence-electron chi connectivity index (χ2n) is 9.54. The average Bonchev–Trinajstić information content (AvgIpc) is 2.83. The van der Waals surface area contributed by atoms with Crippen LogP contribution in [0, 0.1) is 11.8 Å². The first-order chi connectivity index (χ1) is 15.6. The Kier molecular flexibility index (Phi) is 9.59. The lowest BCUT2D eigenvalue weighted by Gasteiger charge is -2.24. The fourth-order valence-electron chi connectivity index (χ4n) is 4.57. The molecule has 2 nitrogen and oxygen atoms in total. The molecule has 0 heterocycles. The lowest BCUT2D eigenvalue weighted by molar-refractivity contribution is 0.0734. The van der Waals surface area contributed by atoms with Crippen molar-refractivity contribution in [3.05, 3.63) is 71.3 Å². The first-order valence-electron chi connectivity index (χ1n) is 12.7. The number of allylic oxidation sites excluding steroid dienone is 2. The van der Waals surface area contributed by atoms with E-state index in [2.05, 4.69) is 51.1 Å². The number of esters is 1. The van der Waals surface area contributed by atoms with Crippen molar-refractivity contribution in [3.63, 3.8) is 0 Å². The van der Waals surface area contributed by atoms with E-state index in [1.165, 1.54) is 68.1 Å². The van der Waals surface area contributed by atoms with Crippen LogP contribution in [0.15, 0.2) is 54.6 Å². The average molecular weight is 433 g/mol. The number of unbranched alkanes of at least 4 members (excludes halogenated alkanes) is 3. The van der Waals surface area contributed by atoms with Crippen molar-refractivity contribution in [1.29, 1.82) is 0 Å². The van der Waals surface area contributed by atoms with Crippen LogP contribution in [-0.4, -0.2) is 5.97 Å². The minimum Gasteiger partial charge on any atom is -0.423 e. The lowest BCUT2D eigenvalue weighted by Crippen LogP contribution is -2.10. The van der Waals surface area contributed by atoms with Crippen LogP contribution in [-0.2, 0) is 6.42 Å². The molecule has 2 atom stereocenters. The molecule has 0 aliphatic heterocycles.